The molecule has 0 N–H and O–H groups in total. The number of hydrogen-bond acceptors (Lipinski definition) is 2. The number of carbonyl (C=O) groups is 1. The number of carbonyl (C=O) groups excluding carboxylic acids is 1. The van der Waals surface area contributed by atoms with Crippen LogP contribution in [0, 0.1) is 6.92 Å². The molecule has 5 heteroatoms. The fourth-order valence-corrected chi connectivity index (χ4v) is 1.19. The topological polar surface area (TPSA) is 34.9 Å². The van der Waals surface area contributed by atoms with Crippen molar-refractivity contribution in [3.8, 4) is 0 Å². The Morgan fingerprint density at radius 2 is 2.25 bits per heavy atom. The highest BCUT2D eigenvalue weighted by Gasteiger charge is 2.18. The van der Waals surface area contributed by atoms with Gasteiger partial charge in [0.2, 0.25) is 0 Å². The van der Waals surface area contributed by atoms with Crippen molar-refractivity contribution in [3.63, 3.8) is 0 Å². The molecular weight excluding hydrogens is 199 g/mol. The Balaban J connectivity index is 3.02. The van der Waals surface area contributed by atoms with Crippen LogP contribution in [0.25, 0.3) is 0 Å². The van der Waals surface area contributed by atoms with Gasteiger partial charge in [-0.3, -0.25) is 9.48 Å². The standard InChI is InChI=1S/C7H8Cl2N2O/c1-4-5(3-11(2)10-4)6(12)7(8)9/h3,7H,1-2H3. The molecule has 0 aliphatic rings. The van der Waals surface area contributed by atoms with Gasteiger partial charge in [-0.1, -0.05) is 23.2 Å². The fraction of sp³-hybridized carbons (Fsp3) is 0.429. The van der Waals surface area contributed by atoms with Gasteiger partial charge in [0.15, 0.2) is 10.6 Å². The second-order valence-electron chi connectivity index (χ2n) is 2.47. The molecule has 0 radical (unpaired) electrons. The molecule has 0 aliphatic heterocycles. The number of aryl methyl sites for hydroxylation is 2. The maximum absolute atomic E-state index is 11.3. The molecule has 0 bridgehead atoms. The lowest BCUT2D eigenvalue weighted by Gasteiger charge is -1.96. The number of aromatic nitrogens is 2. The molecule has 1 rings (SSSR count). The first kappa shape index (κ1) is 9.55. The Hall–Kier alpha value is -0.540. The highest BCUT2D eigenvalue weighted by molar-refractivity contribution is 6.55. The van der Waals surface area contributed by atoms with E-state index in [2.05, 4.69) is 5.10 Å². The van der Waals surface area contributed by atoms with Crippen molar-refractivity contribution in [1.82, 2.24) is 9.78 Å². The summed E-state index contributed by atoms with van der Waals surface area (Å²) in [4.78, 5) is 10.3. The van der Waals surface area contributed by atoms with E-state index in [-0.39, 0.29) is 5.78 Å². The molecule has 0 aromatic carbocycles. The molecule has 1 heterocycles. The van der Waals surface area contributed by atoms with Crippen LogP contribution in [0.15, 0.2) is 6.20 Å². The van der Waals surface area contributed by atoms with Gasteiger partial charge in [0, 0.05) is 13.2 Å². The second kappa shape index (κ2) is 3.46. The molecule has 1 aromatic heterocycles. The van der Waals surface area contributed by atoms with Crippen molar-refractivity contribution in [2.24, 2.45) is 7.05 Å². The molecule has 0 saturated carbocycles. The molecule has 1 aromatic rings. The van der Waals surface area contributed by atoms with Gasteiger partial charge in [0.05, 0.1) is 11.3 Å². The van der Waals surface area contributed by atoms with Crippen molar-refractivity contribution in [2.75, 3.05) is 0 Å². The van der Waals surface area contributed by atoms with E-state index in [0.29, 0.717) is 11.3 Å². The molecule has 0 amide bonds. The van der Waals surface area contributed by atoms with E-state index < -0.39 is 4.84 Å². The lowest BCUT2D eigenvalue weighted by Crippen LogP contribution is -2.08. The minimum Gasteiger partial charge on any atom is -0.291 e. The van der Waals surface area contributed by atoms with Crippen LogP contribution in [0.4, 0.5) is 0 Å². The van der Waals surface area contributed by atoms with E-state index >= 15 is 0 Å². The van der Waals surface area contributed by atoms with Gasteiger partial charge in [0.25, 0.3) is 0 Å². The third-order valence-corrected chi connectivity index (χ3v) is 1.87. The minimum absolute atomic E-state index is 0.302. The molecule has 0 saturated heterocycles. The average Bonchev–Trinajstić information content (AvgIpc) is 2.28. The molecule has 0 aliphatic carbocycles. The van der Waals surface area contributed by atoms with Crippen LogP contribution in [-0.4, -0.2) is 20.4 Å². The van der Waals surface area contributed by atoms with Gasteiger partial charge in [-0.25, -0.2) is 0 Å². The fourth-order valence-electron chi connectivity index (χ4n) is 0.959. The smallest absolute Gasteiger partial charge is 0.199 e. The third-order valence-electron chi connectivity index (χ3n) is 1.48. The Bertz CT molecular complexity index is 306. The highest BCUT2D eigenvalue weighted by atomic mass is 35.5. The van der Waals surface area contributed by atoms with Crippen molar-refractivity contribution in [2.45, 2.75) is 11.8 Å². The quantitative estimate of drug-likeness (QED) is 0.546. The highest BCUT2D eigenvalue weighted by Crippen LogP contribution is 2.13. The summed E-state index contributed by atoms with van der Waals surface area (Å²) in [6.45, 7) is 1.74. The summed E-state index contributed by atoms with van der Waals surface area (Å²) in [5.41, 5.74) is 1.13. The SMILES string of the molecule is Cc1nn(C)cc1C(=O)C(Cl)Cl. The maximum Gasteiger partial charge on any atom is 0.199 e. The zero-order valence-electron chi connectivity index (χ0n) is 6.71. The van der Waals surface area contributed by atoms with Crippen LogP contribution < -0.4 is 0 Å². The summed E-state index contributed by atoms with van der Waals surface area (Å²) in [6.07, 6.45) is 1.61. The summed E-state index contributed by atoms with van der Waals surface area (Å²) in [6, 6.07) is 0. The number of hydrogen-bond donors (Lipinski definition) is 0. The van der Waals surface area contributed by atoms with E-state index in [0.717, 1.165) is 0 Å². The van der Waals surface area contributed by atoms with E-state index in [9.17, 15) is 4.79 Å². The van der Waals surface area contributed by atoms with Crippen LogP contribution in [0.2, 0.25) is 0 Å². The first-order chi connectivity index (χ1) is 5.52. The number of alkyl halides is 2. The molecule has 0 atom stereocenters. The van der Waals surface area contributed by atoms with E-state index in [1.807, 2.05) is 0 Å². The van der Waals surface area contributed by atoms with Gasteiger partial charge in [-0.05, 0) is 6.92 Å². The molecule has 12 heavy (non-hydrogen) atoms. The van der Waals surface area contributed by atoms with Crippen molar-refractivity contribution < 1.29 is 4.79 Å². The van der Waals surface area contributed by atoms with Gasteiger partial charge in [-0.2, -0.15) is 5.10 Å². The largest absolute Gasteiger partial charge is 0.291 e. The Labute approximate surface area is 80.3 Å². The molecule has 0 spiro atoms. The maximum atomic E-state index is 11.3. The Morgan fingerprint density at radius 3 is 2.58 bits per heavy atom. The zero-order valence-corrected chi connectivity index (χ0v) is 8.23. The van der Waals surface area contributed by atoms with Crippen molar-refractivity contribution in [1.29, 1.82) is 0 Å². The summed E-state index contributed by atoms with van der Waals surface area (Å²) >= 11 is 10.8. The van der Waals surface area contributed by atoms with Gasteiger partial charge >= 0.3 is 0 Å². The lowest BCUT2D eigenvalue weighted by molar-refractivity contribution is 0.101. The predicted octanol–water partition coefficient (Wildman–Crippen LogP) is 1.71. The lowest BCUT2D eigenvalue weighted by atomic mass is 10.2. The third kappa shape index (κ3) is 1.79. The summed E-state index contributed by atoms with van der Waals surface area (Å²) < 4.78 is 1.55. The number of Topliss-reactive ketones (excluding diaryl/α,β-unsaturated/α-hetero) is 1. The normalized spacial score (nSPS) is 10.8. The van der Waals surface area contributed by atoms with Crippen LogP contribution >= 0.6 is 23.2 Å². The average molecular weight is 207 g/mol. The van der Waals surface area contributed by atoms with Crippen LogP contribution in [-0.2, 0) is 7.05 Å². The van der Waals surface area contributed by atoms with E-state index in [1.165, 1.54) is 0 Å². The molecule has 0 unspecified atom stereocenters. The zero-order chi connectivity index (χ0) is 9.30. The van der Waals surface area contributed by atoms with Gasteiger partial charge < -0.3 is 0 Å². The first-order valence-corrected chi connectivity index (χ1v) is 4.22. The number of halogens is 2. The molecule has 0 fully saturated rings. The minimum atomic E-state index is -1.01. The van der Waals surface area contributed by atoms with Crippen molar-refractivity contribution >= 4 is 29.0 Å². The summed E-state index contributed by atoms with van der Waals surface area (Å²) in [5.74, 6) is -0.302. The molecular formula is C7H8Cl2N2O. The monoisotopic (exact) mass is 206 g/mol. The summed E-state index contributed by atoms with van der Waals surface area (Å²) in [5, 5.41) is 3.99. The Morgan fingerprint density at radius 1 is 1.67 bits per heavy atom. The van der Waals surface area contributed by atoms with Crippen LogP contribution in [0.3, 0.4) is 0 Å². The number of ketones is 1. The predicted molar refractivity (Wildman–Crippen MR) is 47.8 cm³/mol. The number of rotatable bonds is 2. The summed E-state index contributed by atoms with van der Waals surface area (Å²) in [7, 11) is 1.74. The van der Waals surface area contributed by atoms with Crippen LogP contribution in [0.5, 0.6) is 0 Å². The van der Waals surface area contributed by atoms with Gasteiger partial charge in [-0.15, -0.1) is 0 Å². The van der Waals surface area contributed by atoms with Crippen LogP contribution in [0.1, 0.15) is 16.1 Å². The van der Waals surface area contributed by atoms with E-state index in [4.69, 9.17) is 23.2 Å². The molecule has 3 nitrogen and oxygen atoms in total. The Kier molecular flexibility index (Phi) is 2.75. The van der Waals surface area contributed by atoms with Crippen molar-refractivity contribution in [3.05, 3.63) is 17.5 Å². The number of nitrogens with zero attached hydrogens (tertiary/aromatic N) is 2. The second-order valence-corrected chi connectivity index (χ2v) is 3.56. The van der Waals surface area contributed by atoms with E-state index in [1.54, 1.807) is 24.9 Å². The first-order valence-electron chi connectivity index (χ1n) is 3.35. The molecule has 66 valence electrons. The van der Waals surface area contributed by atoms with Gasteiger partial charge in [0.1, 0.15) is 0 Å².